The Morgan fingerprint density at radius 3 is 2.70 bits per heavy atom. The van der Waals surface area contributed by atoms with Crippen molar-refractivity contribution in [3.63, 3.8) is 0 Å². The Morgan fingerprint density at radius 2 is 2.05 bits per heavy atom. The van der Waals surface area contributed by atoms with Crippen LogP contribution in [-0.2, 0) is 4.79 Å². The van der Waals surface area contributed by atoms with Crippen molar-refractivity contribution in [1.82, 2.24) is 20.8 Å². The second-order valence-corrected chi connectivity index (χ2v) is 6.78. The van der Waals surface area contributed by atoms with Gasteiger partial charge in [-0.3, -0.25) is 10.1 Å². The molecule has 1 aliphatic carbocycles. The minimum absolute atomic E-state index is 0.118. The van der Waals surface area contributed by atoms with Crippen LogP contribution in [0.15, 0.2) is 4.34 Å². The number of aromatic nitrogens is 2. The average Bonchev–Trinajstić information content (AvgIpc) is 2.83. The average molecular weight is 315 g/mol. The molecule has 1 aromatic rings. The van der Waals surface area contributed by atoms with Gasteiger partial charge in [-0.15, -0.1) is 10.2 Å². The van der Waals surface area contributed by atoms with Crippen molar-refractivity contribution >= 4 is 40.2 Å². The second-order valence-electron chi connectivity index (χ2n) is 4.55. The van der Waals surface area contributed by atoms with Crippen LogP contribution in [0.2, 0.25) is 0 Å². The highest BCUT2D eigenvalue weighted by molar-refractivity contribution is 8.01. The minimum Gasteiger partial charge on any atom is -0.374 e. The van der Waals surface area contributed by atoms with Crippen molar-refractivity contribution in [3.8, 4) is 0 Å². The summed E-state index contributed by atoms with van der Waals surface area (Å²) < 4.78 is 0.616. The lowest BCUT2D eigenvalue weighted by molar-refractivity contribution is -0.117. The third-order valence-corrected chi connectivity index (χ3v) is 4.83. The van der Waals surface area contributed by atoms with Gasteiger partial charge in [-0.25, -0.2) is 4.79 Å². The van der Waals surface area contributed by atoms with E-state index in [2.05, 4.69) is 20.8 Å². The van der Waals surface area contributed by atoms with E-state index in [0.29, 0.717) is 9.47 Å². The number of nitrogens with two attached hydrogens (primary N) is 1. The van der Waals surface area contributed by atoms with E-state index in [1.54, 1.807) is 0 Å². The molecule has 1 aliphatic rings. The number of urea groups is 1. The van der Waals surface area contributed by atoms with Crippen LogP contribution in [0.3, 0.4) is 0 Å². The van der Waals surface area contributed by atoms with Crippen molar-refractivity contribution in [2.45, 2.75) is 42.5 Å². The number of amides is 3. The standard InChI is InChI=1S/C11H17N5O2S2/c12-9-15-16-11(20-9)19-6-8(17)14-10(18)13-7-4-2-1-3-5-7/h7H,1-6H2,(H2,12,15)(H2,13,14,17,18). The monoisotopic (exact) mass is 315 g/mol. The number of hydrogen-bond donors (Lipinski definition) is 3. The maximum atomic E-state index is 11.6. The molecule has 2 rings (SSSR count). The molecule has 7 nitrogen and oxygen atoms in total. The van der Waals surface area contributed by atoms with Crippen LogP contribution in [0.1, 0.15) is 32.1 Å². The maximum absolute atomic E-state index is 11.6. The molecule has 0 bridgehead atoms. The lowest BCUT2D eigenvalue weighted by Crippen LogP contribution is -2.45. The molecule has 0 radical (unpaired) electrons. The number of hydrogen-bond acceptors (Lipinski definition) is 7. The number of imide groups is 1. The van der Waals surface area contributed by atoms with E-state index in [0.717, 1.165) is 25.7 Å². The highest BCUT2D eigenvalue weighted by Crippen LogP contribution is 2.23. The summed E-state index contributed by atoms with van der Waals surface area (Å²) in [6.45, 7) is 0. The van der Waals surface area contributed by atoms with Crippen molar-refractivity contribution in [1.29, 1.82) is 0 Å². The van der Waals surface area contributed by atoms with Gasteiger partial charge in [-0.1, -0.05) is 42.4 Å². The normalized spacial score (nSPS) is 15.8. The van der Waals surface area contributed by atoms with Crippen LogP contribution in [0, 0.1) is 0 Å². The fourth-order valence-corrected chi connectivity index (χ4v) is 3.47. The van der Waals surface area contributed by atoms with E-state index in [4.69, 9.17) is 5.73 Å². The summed E-state index contributed by atoms with van der Waals surface area (Å²) >= 11 is 2.43. The molecule has 0 aromatic carbocycles. The van der Waals surface area contributed by atoms with Gasteiger partial charge in [0.25, 0.3) is 0 Å². The van der Waals surface area contributed by atoms with Crippen molar-refractivity contribution in [2.24, 2.45) is 0 Å². The van der Waals surface area contributed by atoms with Crippen LogP contribution in [0.5, 0.6) is 0 Å². The van der Waals surface area contributed by atoms with E-state index in [9.17, 15) is 9.59 Å². The summed E-state index contributed by atoms with van der Waals surface area (Å²) in [5.74, 6) is -0.232. The van der Waals surface area contributed by atoms with Gasteiger partial charge < -0.3 is 11.1 Å². The smallest absolute Gasteiger partial charge is 0.321 e. The Kier molecular flexibility index (Phi) is 5.60. The first-order chi connectivity index (χ1) is 9.63. The summed E-state index contributed by atoms with van der Waals surface area (Å²) in [5, 5.41) is 12.9. The van der Waals surface area contributed by atoms with Gasteiger partial charge in [-0.2, -0.15) is 0 Å². The first-order valence-corrected chi connectivity index (χ1v) is 8.26. The summed E-state index contributed by atoms with van der Waals surface area (Å²) in [6.07, 6.45) is 5.46. The van der Waals surface area contributed by atoms with Gasteiger partial charge in [-0.05, 0) is 12.8 Å². The van der Waals surface area contributed by atoms with E-state index in [1.165, 1.54) is 29.5 Å². The zero-order chi connectivity index (χ0) is 14.4. The largest absolute Gasteiger partial charge is 0.374 e. The van der Waals surface area contributed by atoms with E-state index < -0.39 is 6.03 Å². The molecule has 0 unspecified atom stereocenters. The molecular weight excluding hydrogens is 298 g/mol. The van der Waals surface area contributed by atoms with Crippen molar-refractivity contribution in [2.75, 3.05) is 11.5 Å². The molecular formula is C11H17N5O2S2. The topological polar surface area (TPSA) is 110 Å². The molecule has 110 valence electrons. The molecule has 0 aliphatic heterocycles. The summed E-state index contributed by atoms with van der Waals surface area (Å²) in [6, 6.07) is -0.230. The van der Waals surface area contributed by atoms with E-state index >= 15 is 0 Å². The fraction of sp³-hybridized carbons (Fsp3) is 0.636. The molecule has 20 heavy (non-hydrogen) atoms. The highest BCUT2D eigenvalue weighted by atomic mass is 32.2. The number of thioether (sulfide) groups is 1. The molecule has 1 saturated carbocycles. The third kappa shape index (κ3) is 4.97. The number of nitrogens with one attached hydrogen (secondary N) is 2. The molecule has 1 fully saturated rings. The SMILES string of the molecule is Nc1nnc(SCC(=O)NC(=O)NC2CCCCC2)s1. The molecule has 1 aromatic heterocycles. The maximum Gasteiger partial charge on any atom is 0.321 e. The van der Waals surface area contributed by atoms with Gasteiger partial charge in [0.05, 0.1) is 5.75 Å². The van der Waals surface area contributed by atoms with Crippen LogP contribution >= 0.6 is 23.1 Å². The summed E-state index contributed by atoms with van der Waals surface area (Å²) in [7, 11) is 0. The van der Waals surface area contributed by atoms with Gasteiger partial charge in [0.1, 0.15) is 0 Å². The van der Waals surface area contributed by atoms with Crippen LogP contribution in [-0.4, -0.2) is 33.9 Å². The summed E-state index contributed by atoms with van der Waals surface area (Å²) in [5.41, 5.74) is 5.44. The van der Waals surface area contributed by atoms with Crippen LogP contribution in [0.25, 0.3) is 0 Å². The minimum atomic E-state index is -0.417. The van der Waals surface area contributed by atoms with Crippen LogP contribution in [0.4, 0.5) is 9.93 Å². The summed E-state index contributed by atoms with van der Waals surface area (Å²) in [4.78, 5) is 23.2. The van der Waals surface area contributed by atoms with E-state index in [1.807, 2.05) is 0 Å². The van der Waals surface area contributed by atoms with Gasteiger partial charge >= 0.3 is 6.03 Å². The zero-order valence-corrected chi connectivity index (χ0v) is 12.6. The highest BCUT2D eigenvalue weighted by Gasteiger charge is 2.17. The van der Waals surface area contributed by atoms with E-state index in [-0.39, 0.29) is 17.7 Å². The predicted octanol–water partition coefficient (Wildman–Crippen LogP) is 1.37. The molecule has 1 heterocycles. The molecule has 9 heteroatoms. The Balaban J connectivity index is 1.66. The Labute approximate surface area is 125 Å². The number of nitrogen functional groups attached to an aromatic ring is 1. The lowest BCUT2D eigenvalue weighted by Gasteiger charge is -2.22. The fourth-order valence-electron chi connectivity index (χ4n) is 2.04. The van der Waals surface area contributed by atoms with Crippen molar-refractivity contribution in [3.05, 3.63) is 0 Å². The van der Waals surface area contributed by atoms with Crippen LogP contribution < -0.4 is 16.4 Å². The molecule has 0 spiro atoms. The predicted molar refractivity (Wildman–Crippen MR) is 78.6 cm³/mol. The van der Waals surface area contributed by atoms with Gasteiger partial charge in [0.2, 0.25) is 11.0 Å². The third-order valence-electron chi connectivity index (χ3n) is 2.94. The first-order valence-electron chi connectivity index (χ1n) is 6.45. The molecule has 0 atom stereocenters. The second kappa shape index (κ2) is 7.44. The first kappa shape index (κ1) is 15.0. The number of anilines is 1. The molecule has 0 saturated heterocycles. The number of carbonyl (C=O) groups is 2. The molecule has 4 N–H and O–H groups in total. The van der Waals surface area contributed by atoms with Crippen molar-refractivity contribution < 1.29 is 9.59 Å². The quantitative estimate of drug-likeness (QED) is 0.724. The Hall–Kier alpha value is -1.35. The Morgan fingerprint density at radius 1 is 1.30 bits per heavy atom. The zero-order valence-electron chi connectivity index (χ0n) is 10.9. The number of rotatable bonds is 4. The molecule has 3 amide bonds. The number of nitrogens with zero attached hydrogens (tertiary/aromatic N) is 2. The number of carbonyl (C=O) groups excluding carboxylic acids is 2. The van der Waals surface area contributed by atoms with Gasteiger partial charge in [0.15, 0.2) is 4.34 Å². The van der Waals surface area contributed by atoms with Gasteiger partial charge in [0, 0.05) is 6.04 Å². The lowest BCUT2D eigenvalue weighted by atomic mass is 9.96. The Bertz CT molecular complexity index is 473.